The number of amides is 2. The van der Waals surface area contributed by atoms with E-state index in [1.807, 2.05) is 60.4 Å². The highest BCUT2D eigenvalue weighted by molar-refractivity contribution is 6.30. The van der Waals surface area contributed by atoms with Gasteiger partial charge in [-0.05, 0) is 53.2 Å². The van der Waals surface area contributed by atoms with Gasteiger partial charge in [-0.25, -0.2) is 4.79 Å². The highest BCUT2D eigenvalue weighted by Gasteiger charge is 2.23. The fraction of sp³-hybridized carbons (Fsp3) is 0.300. The molecule has 0 bridgehead atoms. The first-order chi connectivity index (χ1) is 14.1. The molecule has 29 heavy (non-hydrogen) atoms. The number of urea groups is 1. The molecule has 9 heteroatoms. The van der Waals surface area contributed by atoms with Gasteiger partial charge in [0, 0.05) is 36.9 Å². The molecule has 0 saturated carbocycles. The van der Waals surface area contributed by atoms with E-state index in [4.69, 9.17) is 11.6 Å². The van der Waals surface area contributed by atoms with Crippen LogP contribution in [-0.2, 0) is 6.54 Å². The smallest absolute Gasteiger partial charge is 0.321 e. The van der Waals surface area contributed by atoms with Gasteiger partial charge in [0.25, 0.3) is 0 Å². The Labute approximate surface area is 174 Å². The Kier molecular flexibility index (Phi) is 5.73. The lowest BCUT2D eigenvalue weighted by Gasteiger charge is -2.34. The zero-order chi connectivity index (χ0) is 20.2. The van der Waals surface area contributed by atoms with Crippen LogP contribution in [0, 0.1) is 6.92 Å². The number of rotatable bonds is 4. The number of halogens is 1. The fourth-order valence-electron chi connectivity index (χ4n) is 3.30. The number of benzene rings is 2. The SMILES string of the molecule is Cc1ccccc1NC(=O)N1CCN(Cc2nnnn2-c2ccc(Cl)cc2)CC1. The van der Waals surface area contributed by atoms with E-state index in [0.29, 0.717) is 24.7 Å². The Balaban J connectivity index is 1.34. The maximum absolute atomic E-state index is 12.6. The van der Waals surface area contributed by atoms with Crippen molar-refractivity contribution in [1.29, 1.82) is 0 Å². The minimum atomic E-state index is -0.0649. The Morgan fingerprint density at radius 3 is 2.52 bits per heavy atom. The lowest BCUT2D eigenvalue weighted by Crippen LogP contribution is -2.49. The van der Waals surface area contributed by atoms with Crippen molar-refractivity contribution in [2.24, 2.45) is 0 Å². The molecule has 0 unspecified atom stereocenters. The van der Waals surface area contributed by atoms with Crippen molar-refractivity contribution in [3.63, 3.8) is 0 Å². The molecular formula is C20H22ClN7O. The van der Waals surface area contributed by atoms with Crippen molar-refractivity contribution in [2.75, 3.05) is 31.5 Å². The molecule has 0 atom stereocenters. The average molecular weight is 412 g/mol. The largest absolute Gasteiger partial charge is 0.322 e. The first kappa shape index (κ1) is 19.4. The van der Waals surface area contributed by atoms with E-state index in [-0.39, 0.29) is 6.03 Å². The summed E-state index contributed by atoms with van der Waals surface area (Å²) in [7, 11) is 0. The van der Waals surface area contributed by atoms with E-state index in [2.05, 4.69) is 25.7 Å². The van der Waals surface area contributed by atoms with Gasteiger partial charge in [0.15, 0.2) is 5.82 Å². The quantitative estimate of drug-likeness (QED) is 0.714. The summed E-state index contributed by atoms with van der Waals surface area (Å²) in [5.74, 6) is 0.755. The number of tetrazole rings is 1. The Hall–Kier alpha value is -2.97. The molecule has 0 spiro atoms. The Bertz CT molecular complexity index is 981. The second-order valence-electron chi connectivity index (χ2n) is 6.99. The number of para-hydroxylation sites is 1. The fourth-order valence-corrected chi connectivity index (χ4v) is 3.43. The van der Waals surface area contributed by atoms with Gasteiger partial charge in [-0.1, -0.05) is 29.8 Å². The van der Waals surface area contributed by atoms with Gasteiger partial charge in [0.05, 0.1) is 12.2 Å². The number of carbonyl (C=O) groups excluding carboxylic acids is 1. The molecule has 4 rings (SSSR count). The molecule has 1 aromatic heterocycles. The van der Waals surface area contributed by atoms with Crippen LogP contribution in [0.2, 0.25) is 5.02 Å². The predicted octanol–water partition coefficient (Wildman–Crippen LogP) is 2.97. The highest BCUT2D eigenvalue weighted by atomic mass is 35.5. The molecule has 1 N–H and O–H groups in total. The monoisotopic (exact) mass is 411 g/mol. The Morgan fingerprint density at radius 1 is 1.07 bits per heavy atom. The molecule has 1 aliphatic rings. The van der Waals surface area contributed by atoms with Crippen molar-refractivity contribution >= 4 is 23.3 Å². The van der Waals surface area contributed by atoms with Crippen LogP contribution >= 0.6 is 11.6 Å². The molecular weight excluding hydrogens is 390 g/mol. The summed E-state index contributed by atoms with van der Waals surface area (Å²) in [5.41, 5.74) is 2.77. The molecule has 1 fully saturated rings. The van der Waals surface area contributed by atoms with Crippen molar-refractivity contribution < 1.29 is 4.79 Å². The standard InChI is InChI=1S/C20H22ClN7O/c1-15-4-2-3-5-18(15)22-20(29)27-12-10-26(11-13-27)14-19-23-24-25-28(19)17-8-6-16(21)7-9-17/h2-9H,10-14H2,1H3,(H,22,29). The van der Waals surface area contributed by atoms with Gasteiger partial charge >= 0.3 is 6.03 Å². The first-order valence-corrected chi connectivity index (χ1v) is 9.85. The summed E-state index contributed by atoms with van der Waals surface area (Å²) in [6.07, 6.45) is 0. The molecule has 1 saturated heterocycles. The number of hydrogen-bond donors (Lipinski definition) is 1. The number of piperazine rings is 1. The number of hydrogen-bond acceptors (Lipinski definition) is 5. The minimum Gasteiger partial charge on any atom is -0.322 e. The number of aromatic nitrogens is 4. The van der Waals surface area contributed by atoms with E-state index < -0.39 is 0 Å². The third kappa shape index (κ3) is 4.55. The molecule has 8 nitrogen and oxygen atoms in total. The zero-order valence-corrected chi connectivity index (χ0v) is 16.9. The molecule has 2 aromatic carbocycles. The number of anilines is 1. The summed E-state index contributed by atoms with van der Waals surface area (Å²) in [4.78, 5) is 16.6. The van der Waals surface area contributed by atoms with Crippen LogP contribution in [0.25, 0.3) is 5.69 Å². The van der Waals surface area contributed by atoms with E-state index in [1.165, 1.54) is 0 Å². The van der Waals surface area contributed by atoms with Crippen LogP contribution in [0.4, 0.5) is 10.5 Å². The van der Waals surface area contributed by atoms with E-state index in [9.17, 15) is 4.79 Å². The van der Waals surface area contributed by atoms with Crippen molar-refractivity contribution in [3.8, 4) is 5.69 Å². The summed E-state index contributed by atoms with van der Waals surface area (Å²) in [6.45, 7) is 5.42. The zero-order valence-electron chi connectivity index (χ0n) is 16.1. The molecule has 1 aliphatic heterocycles. The number of carbonyl (C=O) groups is 1. The molecule has 3 aromatic rings. The third-order valence-electron chi connectivity index (χ3n) is 5.02. The van der Waals surface area contributed by atoms with Crippen molar-refractivity contribution in [2.45, 2.75) is 13.5 Å². The van der Waals surface area contributed by atoms with Gasteiger partial charge < -0.3 is 10.2 Å². The van der Waals surface area contributed by atoms with Gasteiger partial charge in [-0.15, -0.1) is 5.10 Å². The highest BCUT2D eigenvalue weighted by Crippen LogP contribution is 2.16. The van der Waals surface area contributed by atoms with Crippen LogP contribution in [0.15, 0.2) is 48.5 Å². The lowest BCUT2D eigenvalue weighted by molar-refractivity contribution is 0.140. The van der Waals surface area contributed by atoms with Crippen LogP contribution in [0.3, 0.4) is 0 Å². The number of nitrogens with one attached hydrogen (secondary N) is 1. The van der Waals surface area contributed by atoms with Crippen LogP contribution in [0.1, 0.15) is 11.4 Å². The van der Waals surface area contributed by atoms with Crippen molar-refractivity contribution in [3.05, 3.63) is 64.9 Å². The second kappa shape index (κ2) is 8.59. The Morgan fingerprint density at radius 2 is 1.79 bits per heavy atom. The third-order valence-corrected chi connectivity index (χ3v) is 5.27. The maximum Gasteiger partial charge on any atom is 0.321 e. The lowest BCUT2D eigenvalue weighted by atomic mass is 10.2. The predicted molar refractivity (Wildman–Crippen MR) is 111 cm³/mol. The molecule has 0 aliphatic carbocycles. The summed E-state index contributed by atoms with van der Waals surface area (Å²) in [6, 6.07) is 15.1. The van der Waals surface area contributed by atoms with Crippen LogP contribution < -0.4 is 5.32 Å². The van der Waals surface area contributed by atoms with Crippen molar-refractivity contribution in [1.82, 2.24) is 30.0 Å². The maximum atomic E-state index is 12.6. The molecule has 2 amide bonds. The van der Waals surface area contributed by atoms with Gasteiger partial charge in [-0.3, -0.25) is 4.90 Å². The molecule has 2 heterocycles. The van der Waals surface area contributed by atoms with Gasteiger partial charge in [0.2, 0.25) is 0 Å². The van der Waals surface area contributed by atoms with Gasteiger partial charge in [0.1, 0.15) is 0 Å². The average Bonchev–Trinajstić information content (AvgIpc) is 3.19. The minimum absolute atomic E-state index is 0.0649. The van der Waals surface area contributed by atoms with E-state index in [1.54, 1.807) is 4.68 Å². The summed E-state index contributed by atoms with van der Waals surface area (Å²) >= 11 is 5.96. The summed E-state index contributed by atoms with van der Waals surface area (Å²) < 4.78 is 1.72. The van der Waals surface area contributed by atoms with Crippen LogP contribution in [-0.4, -0.2) is 62.2 Å². The number of aryl methyl sites for hydroxylation is 1. The molecule has 150 valence electrons. The van der Waals surface area contributed by atoms with Crippen LogP contribution in [0.5, 0.6) is 0 Å². The first-order valence-electron chi connectivity index (χ1n) is 9.47. The molecule has 0 radical (unpaired) electrons. The number of nitrogens with zero attached hydrogens (tertiary/aromatic N) is 6. The van der Waals surface area contributed by atoms with E-state index in [0.717, 1.165) is 35.9 Å². The second-order valence-corrected chi connectivity index (χ2v) is 7.43. The normalized spacial score (nSPS) is 14.8. The van der Waals surface area contributed by atoms with E-state index >= 15 is 0 Å². The summed E-state index contributed by atoms with van der Waals surface area (Å²) in [5, 5.41) is 15.7. The topological polar surface area (TPSA) is 79.2 Å². The van der Waals surface area contributed by atoms with Gasteiger partial charge in [-0.2, -0.15) is 4.68 Å².